The van der Waals surface area contributed by atoms with Crippen molar-refractivity contribution >= 4 is 0 Å². The SMILES string of the molecule is [N-]=[N+]=NC[O]. The van der Waals surface area contributed by atoms with Crippen molar-refractivity contribution in [1.29, 1.82) is 0 Å². The lowest BCUT2D eigenvalue weighted by molar-refractivity contribution is 0.203. The maximum Gasteiger partial charge on any atom is 0.161 e. The van der Waals surface area contributed by atoms with E-state index < -0.39 is 6.73 Å². The van der Waals surface area contributed by atoms with Crippen LogP contribution >= 0.6 is 0 Å². The Morgan fingerprint density at radius 3 is 2.60 bits per heavy atom. The lowest BCUT2D eigenvalue weighted by atomic mass is 11.4. The number of rotatable bonds is 1. The van der Waals surface area contributed by atoms with Crippen LogP contribution < -0.4 is 0 Å². The van der Waals surface area contributed by atoms with Crippen molar-refractivity contribution in [3.63, 3.8) is 0 Å². The van der Waals surface area contributed by atoms with E-state index in [1.54, 1.807) is 0 Å². The molecule has 0 aromatic rings. The molecule has 0 aliphatic rings. The second kappa shape index (κ2) is 3.27. The Bertz CT molecular complexity index is 53.9. The summed E-state index contributed by atoms with van der Waals surface area (Å²) in [4.78, 5) is 2.17. The van der Waals surface area contributed by atoms with E-state index in [4.69, 9.17) is 10.6 Å². The Kier molecular flexibility index (Phi) is 2.79. The first-order valence-corrected chi connectivity index (χ1v) is 1.00. The van der Waals surface area contributed by atoms with E-state index in [1.807, 2.05) is 0 Å². The summed E-state index contributed by atoms with van der Waals surface area (Å²) in [5.41, 5.74) is 7.32. The van der Waals surface area contributed by atoms with Gasteiger partial charge in [-0.2, -0.15) is 0 Å². The van der Waals surface area contributed by atoms with Crippen LogP contribution in [0.15, 0.2) is 5.11 Å². The fourth-order valence-electron chi connectivity index (χ4n) is 0.0258. The smallest absolute Gasteiger partial charge is 0.161 e. The minimum Gasteiger partial charge on any atom is -0.230 e. The van der Waals surface area contributed by atoms with Gasteiger partial charge in [-0.25, -0.2) is 5.11 Å². The fourth-order valence-corrected chi connectivity index (χ4v) is 0.0258. The van der Waals surface area contributed by atoms with Gasteiger partial charge in [0.15, 0.2) is 6.73 Å². The molecule has 0 saturated heterocycles. The van der Waals surface area contributed by atoms with Crippen LogP contribution in [-0.2, 0) is 5.11 Å². The minimum absolute atomic E-state index is 0.698. The van der Waals surface area contributed by atoms with E-state index in [0.717, 1.165) is 0 Å². The van der Waals surface area contributed by atoms with Gasteiger partial charge in [0.25, 0.3) is 0 Å². The van der Waals surface area contributed by atoms with Gasteiger partial charge in [-0.15, -0.1) is 0 Å². The average molecular weight is 72.0 g/mol. The first-order chi connectivity index (χ1) is 2.41. The molecule has 0 heterocycles. The van der Waals surface area contributed by atoms with Gasteiger partial charge in [-0.1, -0.05) is 5.11 Å². The highest BCUT2D eigenvalue weighted by Crippen LogP contribution is 1.58. The molecule has 0 saturated carbocycles. The summed E-state index contributed by atoms with van der Waals surface area (Å²) in [6.07, 6.45) is 0. The summed E-state index contributed by atoms with van der Waals surface area (Å²) in [6.45, 7) is -0.698. The van der Waals surface area contributed by atoms with Gasteiger partial charge < -0.3 is 0 Å². The highest BCUT2D eigenvalue weighted by Gasteiger charge is 1.55. The molecule has 0 N–H and O–H groups in total. The Morgan fingerprint density at radius 2 is 2.60 bits per heavy atom. The summed E-state index contributed by atoms with van der Waals surface area (Å²) >= 11 is 0. The van der Waals surface area contributed by atoms with Gasteiger partial charge in [0, 0.05) is 4.91 Å². The first-order valence-electron chi connectivity index (χ1n) is 1.00. The first kappa shape index (κ1) is 4.27. The zero-order valence-corrected chi connectivity index (χ0v) is 2.46. The Labute approximate surface area is 28.7 Å². The monoisotopic (exact) mass is 72.0 g/mol. The molecule has 0 amide bonds. The summed E-state index contributed by atoms with van der Waals surface area (Å²) in [6, 6.07) is 0. The summed E-state index contributed by atoms with van der Waals surface area (Å²) in [7, 11) is 0. The fraction of sp³-hybridized carbons (Fsp3) is 1.00. The predicted octanol–water partition coefficient (Wildman–Crippen LogP) is 0.685. The number of hydrogen-bond donors (Lipinski definition) is 0. The van der Waals surface area contributed by atoms with Crippen LogP contribution in [0.4, 0.5) is 0 Å². The Morgan fingerprint density at radius 1 is 2.00 bits per heavy atom. The van der Waals surface area contributed by atoms with E-state index in [1.165, 1.54) is 0 Å². The van der Waals surface area contributed by atoms with Gasteiger partial charge >= 0.3 is 0 Å². The lowest BCUT2D eigenvalue weighted by Crippen LogP contribution is -1.58. The van der Waals surface area contributed by atoms with Crippen LogP contribution in [0.3, 0.4) is 0 Å². The average Bonchev–Trinajstić information content (AvgIpc) is 1.41. The van der Waals surface area contributed by atoms with E-state index in [-0.39, 0.29) is 0 Å². The van der Waals surface area contributed by atoms with Gasteiger partial charge in [0.1, 0.15) is 0 Å². The maximum atomic E-state index is 9.11. The summed E-state index contributed by atoms with van der Waals surface area (Å²) in [5, 5.41) is 11.7. The third-order valence-electron chi connectivity index (χ3n) is 0.121. The molecule has 0 aliphatic carbocycles. The molecule has 0 aliphatic heterocycles. The topological polar surface area (TPSA) is 68.7 Å². The van der Waals surface area contributed by atoms with Crippen molar-refractivity contribution in [2.45, 2.75) is 0 Å². The molecule has 5 heavy (non-hydrogen) atoms. The summed E-state index contributed by atoms with van der Waals surface area (Å²) < 4.78 is 0. The van der Waals surface area contributed by atoms with Crippen LogP contribution in [-0.4, -0.2) is 6.73 Å². The molecule has 0 rings (SSSR count). The van der Waals surface area contributed by atoms with Crippen molar-refractivity contribution in [3.05, 3.63) is 10.4 Å². The Balaban J connectivity index is 2.93. The predicted molar refractivity (Wildman–Crippen MR) is 14.7 cm³/mol. The van der Waals surface area contributed by atoms with Crippen LogP contribution in [0.2, 0.25) is 0 Å². The summed E-state index contributed by atoms with van der Waals surface area (Å²) in [5.74, 6) is 0. The molecule has 4 heteroatoms. The normalized spacial score (nSPS) is 5.80. The maximum absolute atomic E-state index is 9.11. The molecule has 1 radical (unpaired) electrons. The third kappa shape index (κ3) is 3.27. The van der Waals surface area contributed by atoms with Crippen LogP contribution in [0.25, 0.3) is 10.4 Å². The number of hydrogen-bond acceptors (Lipinski definition) is 1. The van der Waals surface area contributed by atoms with Gasteiger partial charge in [0.2, 0.25) is 0 Å². The molecule has 0 aromatic heterocycles. The number of azide groups is 1. The zero-order chi connectivity index (χ0) is 4.12. The zero-order valence-electron chi connectivity index (χ0n) is 2.46. The highest BCUT2D eigenvalue weighted by molar-refractivity contribution is 4.32. The Hall–Kier alpha value is -0.730. The van der Waals surface area contributed by atoms with Crippen molar-refractivity contribution in [2.24, 2.45) is 5.11 Å². The second-order valence-corrected chi connectivity index (χ2v) is 0.360. The highest BCUT2D eigenvalue weighted by atomic mass is 16.3. The van der Waals surface area contributed by atoms with Crippen LogP contribution in [0, 0.1) is 0 Å². The van der Waals surface area contributed by atoms with E-state index >= 15 is 0 Å². The molecule has 0 spiro atoms. The van der Waals surface area contributed by atoms with Gasteiger partial charge in [-0.05, 0) is 5.53 Å². The quantitative estimate of drug-likeness (QED) is 0.248. The molecule has 0 atom stereocenters. The molecule has 27 valence electrons. The van der Waals surface area contributed by atoms with Crippen LogP contribution in [0.1, 0.15) is 0 Å². The van der Waals surface area contributed by atoms with Crippen molar-refractivity contribution in [1.82, 2.24) is 0 Å². The largest absolute Gasteiger partial charge is 0.230 e. The van der Waals surface area contributed by atoms with Crippen LogP contribution in [0.5, 0.6) is 0 Å². The van der Waals surface area contributed by atoms with Gasteiger partial charge in [-0.3, -0.25) is 0 Å². The third-order valence-corrected chi connectivity index (χ3v) is 0.121. The molecular weight excluding hydrogens is 70.0 g/mol. The molecule has 0 unspecified atom stereocenters. The molecule has 4 nitrogen and oxygen atoms in total. The standard InChI is InChI=1S/CH2N3O/c2-4-3-1-5/h1H2. The molecule has 0 bridgehead atoms. The second-order valence-electron chi connectivity index (χ2n) is 0.360. The molecular formula is CH2N3O. The van der Waals surface area contributed by atoms with E-state index in [0.29, 0.717) is 0 Å². The molecule has 0 aromatic carbocycles. The van der Waals surface area contributed by atoms with Gasteiger partial charge in [0.05, 0.1) is 0 Å². The molecule has 0 fully saturated rings. The number of nitrogens with zero attached hydrogens (tertiary/aromatic N) is 3. The van der Waals surface area contributed by atoms with Crippen molar-refractivity contribution in [2.75, 3.05) is 6.73 Å². The van der Waals surface area contributed by atoms with Crippen molar-refractivity contribution < 1.29 is 5.11 Å². The van der Waals surface area contributed by atoms with E-state index in [2.05, 4.69) is 10.0 Å². The van der Waals surface area contributed by atoms with Crippen molar-refractivity contribution in [3.8, 4) is 0 Å². The lowest BCUT2D eigenvalue weighted by Gasteiger charge is -1.54. The van der Waals surface area contributed by atoms with E-state index in [9.17, 15) is 0 Å². The minimum atomic E-state index is -0.698.